The summed E-state index contributed by atoms with van der Waals surface area (Å²) in [6.45, 7) is 4.05. The lowest BCUT2D eigenvalue weighted by Gasteiger charge is -2.16. The second kappa shape index (κ2) is 9.64. The number of rotatable bonds is 6. The van der Waals surface area contributed by atoms with Crippen molar-refractivity contribution in [2.24, 2.45) is 0 Å². The van der Waals surface area contributed by atoms with Crippen LogP contribution in [-0.2, 0) is 13.2 Å². The van der Waals surface area contributed by atoms with Gasteiger partial charge in [0, 0.05) is 40.3 Å². The number of aromatic nitrogens is 5. The quantitative estimate of drug-likeness (QED) is 0.356. The number of hydrogen-bond acceptors (Lipinski definition) is 6. The largest absolute Gasteiger partial charge is 0.486 e. The molecule has 0 aliphatic rings. The molecule has 5 rings (SSSR count). The van der Waals surface area contributed by atoms with Crippen LogP contribution in [0.3, 0.4) is 0 Å². The van der Waals surface area contributed by atoms with Gasteiger partial charge in [-0.2, -0.15) is 10.4 Å². The van der Waals surface area contributed by atoms with Gasteiger partial charge >= 0.3 is 0 Å². The van der Waals surface area contributed by atoms with Gasteiger partial charge in [-0.05, 0) is 50.2 Å². The molecular weight excluding hydrogens is 476 g/mol. The van der Waals surface area contributed by atoms with Gasteiger partial charge in [0.05, 0.1) is 23.0 Å². The van der Waals surface area contributed by atoms with Gasteiger partial charge in [-0.3, -0.25) is 14.9 Å². The van der Waals surface area contributed by atoms with Crippen LogP contribution in [0, 0.1) is 25.2 Å². The zero-order valence-corrected chi connectivity index (χ0v) is 20.4. The van der Waals surface area contributed by atoms with Crippen LogP contribution in [0.2, 0.25) is 5.02 Å². The molecule has 9 heteroatoms. The van der Waals surface area contributed by atoms with E-state index in [1.165, 1.54) is 10.6 Å². The molecule has 0 saturated carbocycles. The Kier molecular flexibility index (Phi) is 6.23. The zero-order valence-electron chi connectivity index (χ0n) is 19.6. The molecule has 8 nitrogen and oxygen atoms in total. The Morgan fingerprint density at radius 2 is 1.94 bits per heavy atom. The molecule has 0 spiro atoms. The van der Waals surface area contributed by atoms with Crippen molar-refractivity contribution in [1.82, 2.24) is 24.7 Å². The van der Waals surface area contributed by atoms with Crippen molar-refractivity contribution >= 4 is 22.5 Å². The molecule has 0 fully saturated rings. The van der Waals surface area contributed by atoms with Crippen molar-refractivity contribution in [2.45, 2.75) is 27.0 Å². The second-order valence-electron chi connectivity index (χ2n) is 8.36. The summed E-state index contributed by atoms with van der Waals surface area (Å²) in [6.07, 6.45) is 3.34. The normalized spacial score (nSPS) is 10.9. The summed E-state index contributed by atoms with van der Waals surface area (Å²) < 4.78 is 7.70. The van der Waals surface area contributed by atoms with E-state index in [2.05, 4.69) is 15.2 Å². The average Bonchev–Trinajstić information content (AvgIpc) is 3.39. The Bertz CT molecular complexity index is 1690. The van der Waals surface area contributed by atoms with E-state index in [0.717, 1.165) is 33.5 Å². The third-order valence-electron chi connectivity index (χ3n) is 5.84. The molecule has 0 radical (unpaired) electrons. The summed E-state index contributed by atoms with van der Waals surface area (Å²) in [5.41, 5.74) is 5.09. The van der Waals surface area contributed by atoms with E-state index in [4.69, 9.17) is 21.3 Å². The second-order valence-corrected chi connectivity index (χ2v) is 8.77. The lowest BCUT2D eigenvalue weighted by molar-refractivity contribution is 0.307. The van der Waals surface area contributed by atoms with E-state index in [1.807, 2.05) is 50.2 Å². The first kappa shape index (κ1) is 23.3. The first-order valence-electron chi connectivity index (χ1n) is 11.2. The molecule has 0 aliphatic carbocycles. The highest BCUT2D eigenvalue weighted by Gasteiger charge is 2.16. The maximum absolute atomic E-state index is 12.6. The molecule has 0 bridgehead atoms. The number of aromatic amines is 1. The van der Waals surface area contributed by atoms with E-state index >= 15 is 0 Å². The Hall–Kier alpha value is -4.48. The minimum Gasteiger partial charge on any atom is -0.486 e. The Morgan fingerprint density at radius 3 is 2.72 bits per heavy atom. The topological polar surface area (TPSA) is 109 Å². The predicted molar refractivity (Wildman–Crippen MR) is 137 cm³/mol. The van der Waals surface area contributed by atoms with Crippen LogP contribution in [0.5, 0.6) is 5.75 Å². The van der Waals surface area contributed by atoms with Gasteiger partial charge in [-0.1, -0.05) is 23.7 Å². The summed E-state index contributed by atoms with van der Waals surface area (Å²) >= 11 is 6.62. The molecule has 1 aromatic carbocycles. The average molecular weight is 497 g/mol. The van der Waals surface area contributed by atoms with E-state index in [-0.39, 0.29) is 24.3 Å². The highest BCUT2D eigenvalue weighted by atomic mass is 35.5. The molecule has 4 heterocycles. The first-order valence-corrected chi connectivity index (χ1v) is 11.6. The number of halogens is 1. The summed E-state index contributed by atoms with van der Waals surface area (Å²) in [6, 6.07) is 16.5. The van der Waals surface area contributed by atoms with Gasteiger partial charge in [0.1, 0.15) is 29.5 Å². The van der Waals surface area contributed by atoms with E-state index in [1.54, 1.807) is 24.5 Å². The molecule has 0 unspecified atom stereocenters. The standard InChI is InChI=1S/C27H21ClN6O2/c1-16-11-20(23-8-9-30-33-23)19-6-3-7-25(26(19)32-16)36-15-21-22(28)12-17(2)31-24(21)14-34-10-4-5-18(13-29)27(34)35/h3-12H,14-15H2,1-2H3,(H,30,33). The molecule has 1 N–H and O–H groups in total. The number of nitrogens with zero attached hydrogens (tertiary/aromatic N) is 5. The fraction of sp³-hybridized carbons (Fsp3) is 0.148. The number of nitriles is 1. The molecule has 4 aromatic heterocycles. The fourth-order valence-corrected chi connectivity index (χ4v) is 4.48. The summed E-state index contributed by atoms with van der Waals surface area (Å²) in [4.78, 5) is 22.0. The first-order chi connectivity index (χ1) is 17.4. The van der Waals surface area contributed by atoms with E-state index in [0.29, 0.717) is 22.0 Å². The Balaban J connectivity index is 1.52. The van der Waals surface area contributed by atoms with E-state index < -0.39 is 0 Å². The number of para-hydroxylation sites is 1. The summed E-state index contributed by atoms with van der Waals surface area (Å²) in [5, 5.41) is 17.7. The number of hydrogen-bond donors (Lipinski definition) is 1. The van der Waals surface area contributed by atoms with Gasteiger partial charge in [0.2, 0.25) is 0 Å². The van der Waals surface area contributed by atoms with Crippen LogP contribution in [0.1, 0.15) is 28.2 Å². The molecule has 5 aromatic rings. The summed E-state index contributed by atoms with van der Waals surface area (Å²) in [7, 11) is 0. The maximum atomic E-state index is 12.6. The summed E-state index contributed by atoms with van der Waals surface area (Å²) in [5.74, 6) is 0.600. The van der Waals surface area contributed by atoms with Crippen molar-refractivity contribution < 1.29 is 4.74 Å². The lowest BCUT2D eigenvalue weighted by atomic mass is 10.0. The van der Waals surface area contributed by atoms with Crippen LogP contribution < -0.4 is 10.3 Å². The van der Waals surface area contributed by atoms with Crippen LogP contribution in [0.4, 0.5) is 0 Å². The number of pyridine rings is 3. The van der Waals surface area contributed by atoms with Gasteiger partial charge in [-0.15, -0.1) is 0 Å². The fourth-order valence-electron chi connectivity index (χ4n) is 4.16. The van der Waals surface area contributed by atoms with Crippen LogP contribution in [0.15, 0.2) is 65.7 Å². The monoisotopic (exact) mass is 496 g/mol. The van der Waals surface area contributed by atoms with Crippen molar-refractivity contribution in [3.63, 3.8) is 0 Å². The van der Waals surface area contributed by atoms with Gasteiger partial charge in [0.15, 0.2) is 0 Å². The van der Waals surface area contributed by atoms with Crippen LogP contribution >= 0.6 is 11.6 Å². The molecule has 0 saturated heterocycles. The molecule has 0 aliphatic heterocycles. The van der Waals surface area contributed by atoms with Gasteiger partial charge in [0.25, 0.3) is 5.56 Å². The van der Waals surface area contributed by atoms with Crippen molar-refractivity contribution in [1.29, 1.82) is 5.26 Å². The highest BCUT2D eigenvalue weighted by molar-refractivity contribution is 6.31. The highest BCUT2D eigenvalue weighted by Crippen LogP contribution is 2.33. The smallest absolute Gasteiger partial charge is 0.268 e. The number of benzene rings is 1. The molecular formula is C27H21ClN6O2. The van der Waals surface area contributed by atoms with Crippen LogP contribution in [-0.4, -0.2) is 24.7 Å². The molecule has 36 heavy (non-hydrogen) atoms. The van der Waals surface area contributed by atoms with Gasteiger partial charge < -0.3 is 9.30 Å². The van der Waals surface area contributed by atoms with Gasteiger partial charge in [-0.25, -0.2) is 4.98 Å². The molecule has 0 atom stereocenters. The predicted octanol–water partition coefficient (Wildman–Crippen LogP) is 4.95. The Morgan fingerprint density at radius 1 is 1.11 bits per heavy atom. The molecule has 178 valence electrons. The molecule has 0 amide bonds. The van der Waals surface area contributed by atoms with E-state index in [9.17, 15) is 10.1 Å². The number of fused-ring (bicyclic) bond motifs is 1. The Labute approximate surface area is 211 Å². The number of H-pyrrole nitrogens is 1. The van der Waals surface area contributed by atoms with Crippen molar-refractivity contribution in [2.75, 3.05) is 0 Å². The lowest BCUT2D eigenvalue weighted by Crippen LogP contribution is -2.23. The SMILES string of the molecule is Cc1cc(Cl)c(COc2cccc3c(-c4ccn[nH]4)cc(C)nc23)c(Cn2cccc(C#N)c2=O)n1. The minimum atomic E-state index is -0.383. The van der Waals surface area contributed by atoms with Crippen LogP contribution in [0.25, 0.3) is 22.2 Å². The number of nitrogens with one attached hydrogen (secondary N) is 1. The third-order valence-corrected chi connectivity index (χ3v) is 6.18. The van der Waals surface area contributed by atoms with Crippen molar-refractivity contribution in [3.8, 4) is 23.1 Å². The van der Waals surface area contributed by atoms with Crippen molar-refractivity contribution in [3.05, 3.63) is 105 Å². The number of aryl methyl sites for hydroxylation is 2. The number of ether oxygens (including phenoxy) is 1. The zero-order chi connectivity index (χ0) is 25.2. The minimum absolute atomic E-state index is 0.0688. The maximum Gasteiger partial charge on any atom is 0.268 e. The third kappa shape index (κ3) is 4.44.